The topological polar surface area (TPSA) is 39.7 Å². The third-order valence-corrected chi connectivity index (χ3v) is 6.46. The van der Waals surface area contributed by atoms with Crippen LogP contribution in [0.25, 0.3) is 0 Å². The maximum atomic E-state index is 6.18. The van der Waals surface area contributed by atoms with E-state index in [0.29, 0.717) is 0 Å². The Bertz CT molecular complexity index is 759. The molecule has 4 nitrogen and oxygen atoms in total. The van der Waals surface area contributed by atoms with Crippen LogP contribution in [0.1, 0.15) is 50.7 Å². The molecule has 0 amide bonds. The summed E-state index contributed by atoms with van der Waals surface area (Å²) < 4.78 is 16.8. The van der Waals surface area contributed by atoms with Crippen LogP contribution >= 0.6 is 0 Å². The second kappa shape index (κ2) is 9.64. The Morgan fingerprint density at radius 1 is 0.966 bits per heavy atom. The van der Waals surface area contributed by atoms with Gasteiger partial charge >= 0.3 is 0 Å². The second-order valence-electron chi connectivity index (χ2n) is 8.36. The molecule has 1 saturated heterocycles. The molecule has 158 valence electrons. The van der Waals surface area contributed by atoms with Gasteiger partial charge in [0.15, 0.2) is 0 Å². The van der Waals surface area contributed by atoms with Gasteiger partial charge in [-0.05, 0) is 74.5 Å². The zero-order valence-electron chi connectivity index (χ0n) is 18.3. The van der Waals surface area contributed by atoms with Crippen molar-refractivity contribution in [3.05, 3.63) is 59.7 Å². The van der Waals surface area contributed by atoms with Crippen molar-refractivity contribution >= 4 is 0 Å². The average Bonchev–Trinajstić information content (AvgIpc) is 2.77. The molecule has 1 aliphatic heterocycles. The van der Waals surface area contributed by atoms with Crippen molar-refractivity contribution in [2.75, 3.05) is 27.4 Å². The molecule has 0 spiro atoms. The van der Waals surface area contributed by atoms with Crippen LogP contribution in [0.15, 0.2) is 48.5 Å². The highest BCUT2D eigenvalue weighted by atomic mass is 16.5. The van der Waals surface area contributed by atoms with E-state index in [4.69, 9.17) is 14.2 Å². The minimum absolute atomic E-state index is 0.0613. The van der Waals surface area contributed by atoms with Crippen molar-refractivity contribution in [3.8, 4) is 11.5 Å². The van der Waals surface area contributed by atoms with Gasteiger partial charge < -0.3 is 19.5 Å². The van der Waals surface area contributed by atoms with Crippen molar-refractivity contribution in [1.82, 2.24) is 5.32 Å². The summed E-state index contributed by atoms with van der Waals surface area (Å²) in [5.41, 5.74) is 2.73. The largest absolute Gasteiger partial charge is 0.497 e. The van der Waals surface area contributed by atoms with E-state index in [1.807, 2.05) is 12.1 Å². The first kappa shape index (κ1) is 21.7. The Labute approximate surface area is 175 Å². The van der Waals surface area contributed by atoms with Crippen molar-refractivity contribution in [1.29, 1.82) is 0 Å². The van der Waals surface area contributed by atoms with Crippen LogP contribution in [-0.2, 0) is 16.7 Å². The van der Waals surface area contributed by atoms with Gasteiger partial charge in [-0.1, -0.05) is 31.2 Å². The average molecular weight is 398 g/mol. The lowest BCUT2D eigenvalue weighted by molar-refractivity contribution is -0.0979. The Morgan fingerprint density at radius 2 is 1.59 bits per heavy atom. The molecule has 1 fully saturated rings. The molecule has 0 aromatic heterocycles. The van der Waals surface area contributed by atoms with Crippen LogP contribution in [0.4, 0.5) is 0 Å². The fourth-order valence-corrected chi connectivity index (χ4v) is 4.43. The lowest BCUT2D eigenvalue weighted by Crippen LogP contribution is -2.46. The van der Waals surface area contributed by atoms with E-state index in [2.05, 4.69) is 55.6 Å². The Balaban J connectivity index is 1.69. The van der Waals surface area contributed by atoms with Gasteiger partial charge in [-0.3, -0.25) is 0 Å². The fraction of sp³-hybridized carbons (Fsp3) is 0.520. The summed E-state index contributed by atoms with van der Waals surface area (Å²) in [6.45, 7) is 7.14. The lowest BCUT2D eigenvalue weighted by Gasteiger charge is -2.47. The molecule has 0 radical (unpaired) electrons. The van der Waals surface area contributed by atoms with Gasteiger partial charge in [-0.25, -0.2) is 0 Å². The minimum Gasteiger partial charge on any atom is -0.497 e. The minimum atomic E-state index is -0.0613. The van der Waals surface area contributed by atoms with Crippen LogP contribution in [-0.4, -0.2) is 33.0 Å². The summed E-state index contributed by atoms with van der Waals surface area (Å²) in [6.07, 6.45) is 4.23. The number of ether oxygens (including phenoxy) is 3. The zero-order chi connectivity index (χ0) is 20.7. The number of methoxy groups -OCH3 is 2. The van der Waals surface area contributed by atoms with E-state index >= 15 is 0 Å². The number of nitrogens with one attached hydrogen (secondary N) is 1. The summed E-state index contributed by atoms with van der Waals surface area (Å²) in [4.78, 5) is 0. The quantitative estimate of drug-likeness (QED) is 0.598. The molecule has 1 aliphatic rings. The molecule has 2 aromatic rings. The summed E-state index contributed by atoms with van der Waals surface area (Å²) in [7, 11) is 3.42. The van der Waals surface area contributed by atoms with Crippen molar-refractivity contribution in [2.24, 2.45) is 0 Å². The highest BCUT2D eigenvalue weighted by Crippen LogP contribution is 2.45. The molecule has 4 heteroatoms. The van der Waals surface area contributed by atoms with Gasteiger partial charge in [-0.15, -0.1) is 0 Å². The number of benzene rings is 2. The first-order chi connectivity index (χ1) is 14.0. The standard InChI is InChI=1S/C25H35NO3/c1-5-24(2)19-25(15-17-29-24,21-8-12-23(28-4)13-9-21)14-16-26-18-20-6-10-22(27-3)11-7-20/h6-13,26H,5,14-19H2,1-4H3/t24-,25+/m0/s1. The highest BCUT2D eigenvalue weighted by Gasteiger charge is 2.43. The zero-order valence-corrected chi connectivity index (χ0v) is 18.3. The maximum Gasteiger partial charge on any atom is 0.118 e. The van der Waals surface area contributed by atoms with E-state index in [1.165, 1.54) is 11.1 Å². The van der Waals surface area contributed by atoms with Crippen molar-refractivity contribution in [2.45, 2.75) is 57.1 Å². The third-order valence-electron chi connectivity index (χ3n) is 6.46. The third kappa shape index (κ3) is 5.31. The first-order valence-electron chi connectivity index (χ1n) is 10.6. The van der Waals surface area contributed by atoms with Gasteiger partial charge in [0.2, 0.25) is 0 Å². The van der Waals surface area contributed by atoms with Gasteiger partial charge in [0, 0.05) is 18.6 Å². The molecule has 2 atom stereocenters. The van der Waals surface area contributed by atoms with Crippen LogP contribution in [0.3, 0.4) is 0 Å². The molecular formula is C25H35NO3. The van der Waals surface area contributed by atoms with E-state index in [0.717, 1.165) is 56.9 Å². The second-order valence-corrected chi connectivity index (χ2v) is 8.36. The Hall–Kier alpha value is -2.04. The van der Waals surface area contributed by atoms with Crippen molar-refractivity contribution in [3.63, 3.8) is 0 Å². The summed E-state index contributed by atoms with van der Waals surface area (Å²) in [5, 5.41) is 3.64. The molecule has 0 bridgehead atoms. The summed E-state index contributed by atoms with van der Waals surface area (Å²) in [5.74, 6) is 1.81. The molecule has 1 N–H and O–H groups in total. The predicted molar refractivity (Wildman–Crippen MR) is 118 cm³/mol. The van der Waals surface area contributed by atoms with Gasteiger partial charge in [0.25, 0.3) is 0 Å². The normalized spacial score (nSPS) is 24.3. The highest BCUT2D eigenvalue weighted by molar-refractivity contribution is 5.33. The maximum absolute atomic E-state index is 6.18. The van der Waals surface area contributed by atoms with E-state index in [1.54, 1.807) is 14.2 Å². The lowest BCUT2D eigenvalue weighted by atomic mass is 9.66. The Kier molecular flexibility index (Phi) is 7.20. The van der Waals surface area contributed by atoms with E-state index in [9.17, 15) is 0 Å². The Morgan fingerprint density at radius 3 is 2.17 bits per heavy atom. The fourth-order valence-electron chi connectivity index (χ4n) is 4.43. The predicted octanol–water partition coefficient (Wildman–Crippen LogP) is 5.10. The molecule has 29 heavy (non-hydrogen) atoms. The van der Waals surface area contributed by atoms with Crippen LogP contribution in [0.2, 0.25) is 0 Å². The molecular weight excluding hydrogens is 362 g/mol. The molecule has 0 aliphatic carbocycles. The number of hydrogen-bond donors (Lipinski definition) is 1. The summed E-state index contributed by atoms with van der Waals surface area (Å²) in [6, 6.07) is 16.9. The van der Waals surface area contributed by atoms with E-state index < -0.39 is 0 Å². The van der Waals surface area contributed by atoms with Gasteiger partial charge in [0.05, 0.1) is 19.8 Å². The molecule has 0 saturated carbocycles. The SMILES string of the molecule is CC[C@@]1(C)C[C@](CCNCc2ccc(OC)cc2)(c2ccc(OC)cc2)CCO1. The molecule has 0 unspecified atom stereocenters. The summed E-state index contributed by atoms with van der Waals surface area (Å²) >= 11 is 0. The van der Waals surface area contributed by atoms with Crippen molar-refractivity contribution < 1.29 is 14.2 Å². The van der Waals surface area contributed by atoms with Gasteiger partial charge in [-0.2, -0.15) is 0 Å². The van der Waals surface area contributed by atoms with Crippen LogP contribution in [0.5, 0.6) is 11.5 Å². The smallest absolute Gasteiger partial charge is 0.118 e. The van der Waals surface area contributed by atoms with Gasteiger partial charge in [0.1, 0.15) is 11.5 Å². The molecule has 3 rings (SSSR count). The van der Waals surface area contributed by atoms with E-state index in [-0.39, 0.29) is 11.0 Å². The van der Waals surface area contributed by atoms with Crippen LogP contribution < -0.4 is 14.8 Å². The molecule has 2 aromatic carbocycles. The number of hydrogen-bond acceptors (Lipinski definition) is 4. The molecule has 1 heterocycles. The monoisotopic (exact) mass is 397 g/mol. The number of rotatable bonds is 9. The van der Waals surface area contributed by atoms with Crippen LogP contribution in [0, 0.1) is 0 Å². The first-order valence-corrected chi connectivity index (χ1v) is 10.6.